The normalized spacial score (nSPS) is 10.9. The van der Waals surface area contributed by atoms with Crippen LogP contribution in [0.2, 0.25) is 0 Å². The van der Waals surface area contributed by atoms with Crippen LogP contribution >= 0.6 is 0 Å². The van der Waals surface area contributed by atoms with Gasteiger partial charge in [-0.15, -0.1) is 0 Å². The number of nitriles is 1. The Morgan fingerprint density at radius 1 is 0.833 bits per heavy atom. The standard InChI is InChI=1S/C26H20N4/c27-16-9-17-30-18-22(21-14-7-8-15-23(21)30)26-28-24(19-10-3-1-4-11-19)25(29-26)20-12-5-2-6-13-20/h1-8,10-15,18H,9,17H2,(H,28,29). The predicted octanol–water partition coefficient (Wildman–Crippen LogP) is 6.28. The number of aromatic amines is 1. The fourth-order valence-electron chi connectivity index (χ4n) is 3.91. The van der Waals surface area contributed by atoms with Gasteiger partial charge in [0.05, 0.1) is 23.9 Å². The first-order chi connectivity index (χ1) is 14.8. The van der Waals surface area contributed by atoms with Crippen LogP contribution in [0.3, 0.4) is 0 Å². The molecule has 0 bridgehead atoms. The lowest BCUT2D eigenvalue weighted by Crippen LogP contribution is -1.94. The summed E-state index contributed by atoms with van der Waals surface area (Å²) in [6.07, 6.45) is 2.57. The summed E-state index contributed by atoms with van der Waals surface area (Å²) in [5.41, 5.74) is 6.27. The molecule has 4 nitrogen and oxygen atoms in total. The average molecular weight is 388 g/mol. The summed E-state index contributed by atoms with van der Waals surface area (Å²) in [5, 5.41) is 10.2. The van der Waals surface area contributed by atoms with Gasteiger partial charge in [-0.05, 0) is 6.07 Å². The Kier molecular flexibility index (Phi) is 4.63. The summed E-state index contributed by atoms with van der Waals surface area (Å²) < 4.78 is 2.14. The minimum atomic E-state index is 0.473. The lowest BCUT2D eigenvalue weighted by atomic mass is 10.1. The quantitative estimate of drug-likeness (QED) is 0.385. The first-order valence-corrected chi connectivity index (χ1v) is 10.0. The number of nitrogens with zero attached hydrogens (tertiary/aromatic N) is 3. The molecule has 0 aliphatic carbocycles. The summed E-state index contributed by atoms with van der Waals surface area (Å²) >= 11 is 0. The third-order valence-electron chi connectivity index (χ3n) is 5.32. The molecule has 5 aromatic rings. The Balaban J connectivity index is 1.71. The van der Waals surface area contributed by atoms with Gasteiger partial charge in [0.1, 0.15) is 5.82 Å². The Morgan fingerprint density at radius 2 is 1.50 bits per heavy atom. The first kappa shape index (κ1) is 18.0. The van der Waals surface area contributed by atoms with Crippen molar-refractivity contribution in [1.29, 1.82) is 5.26 Å². The molecule has 5 rings (SSSR count). The highest BCUT2D eigenvalue weighted by atomic mass is 15.0. The van der Waals surface area contributed by atoms with Crippen LogP contribution in [0.1, 0.15) is 6.42 Å². The predicted molar refractivity (Wildman–Crippen MR) is 121 cm³/mol. The van der Waals surface area contributed by atoms with Crippen LogP contribution < -0.4 is 0 Å². The second kappa shape index (κ2) is 7.73. The van der Waals surface area contributed by atoms with Crippen LogP contribution in [-0.4, -0.2) is 14.5 Å². The number of fused-ring (bicyclic) bond motifs is 1. The summed E-state index contributed by atoms with van der Waals surface area (Å²) in [6, 6.07) is 31.1. The largest absolute Gasteiger partial charge is 0.346 e. The number of hydrogen-bond acceptors (Lipinski definition) is 2. The average Bonchev–Trinajstić information content (AvgIpc) is 3.41. The van der Waals surface area contributed by atoms with Crippen molar-refractivity contribution in [2.45, 2.75) is 13.0 Å². The maximum Gasteiger partial charge on any atom is 0.140 e. The zero-order valence-corrected chi connectivity index (χ0v) is 16.4. The maximum absolute atomic E-state index is 9.03. The highest BCUT2D eigenvalue weighted by molar-refractivity contribution is 5.95. The van der Waals surface area contributed by atoms with Gasteiger partial charge in [-0.3, -0.25) is 0 Å². The Hall–Kier alpha value is -4.10. The van der Waals surface area contributed by atoms with Crippen molar-refractivity contribution in [3.8, 4) is 40.0 Å². The topological polar surface area (TPSA) is 57.4 Å². The number of benzene rings is 3. The molecule has 0 saturated heterocycles. The minimum Gasteiger partial charge on any atom is -0.346 e. The summed E-state index contributed by atoms with van der Waals surface area (Å²) in [7, 11) is 0. The van der Waals surface area contributed by atoms with E-state index in [1.54, 1.807) is 0 Å². The number of aromatic nitrogens is 3. The second-order valence-electron chi connectivity index (χ2n) is 7.20. The van der Waals surface area contributed by atoms with Crippen molar-refractivity contribution in [3.05, 3.63) is 91.1 Å². The monoisotopic (exact) mass is 388 g/mol. The summed E-state index contributed by atoms with van der Waals surface area (Å²) in [5.74, 6) is 0.833. The SMILES string of the molecule is N#CCCn1cc(-c2nc(-c3ccccc3)c(-c3ccccc3)[nH]2)c2ccccc21. The first-order valence-electron chi connectivity index (χ1n) is 10.0. The van der Waals surface area contributed by atoms with E-state index in [-0.39, 0.29) is 0 Å². The number of aryl methyl sites for hydroxylation is 1. The Bertz CT molecular complexity index is 1280. The molecule has 0 unspecified atom stereocenters. The number of H-pyrrole nitrogens is 1. The fourth-order valence-corrected chi connectivity index (χ4v) is 3.91. The molecule has 0 saturated carbocycles. The smallest absolute Gasteiger partial charge is 0.140 e. The number of para-hydroxylation sites is 1. The molecule has 0 fully saturated rings. The summed E-state index contributed by atoms with van der Waals surface area (Å²) in [4.78, 5) is 8.62. The van der Waals surface area contributed by atoms with E-state index in [1.165, 1.54) is 0 Å². The van der Waals surface area contributed by atoms with Crippen LogP contribution in [-0.2, 0) is 6.54 Å². The molecule has 144 valence electrons. The second-order valence-corrected chi connectivity index (χ2v) is 7.20. The molecule has 4 heteroatoms. The molecule has 0 spiro atoms. The molecular formula is C26H20N4. The zero-order valence-electron chi connectivity index (χ0n) is 16.4. The van der Waals surface area contributed by atoms with Crippen LogP contribution in [0, 0.1) is 11.3 Å². The van der Waals surface area contributed by atoms with Gasteiger partial charge >= 0.3 is 0 Å². The van der Waals surface area contributed by atoms with Crippen LogP contribution in [0.4, 0.5) is 0 Å². The van der Waals surface area contributed by atoms with E-state index in [0.29, 0.717) is 13.0 Å². The third kappa shape index (κ3) is 3.17. The number of hydrogen-bond donors (Lipinski definition) is 1. The van der Waals surface area contributed by atoms with Gasteiger partial charge in [0.15, 0.2) is 0 Å². The van der Waals surface area contributed by atoms with Crippen molar-refractivity contribution in [1.82, 2.24) is 14.5 Å². The molecule has 30 heavy (non-hydrogen) atoms. The van der Waals surface area contributed by atoms with Crippen molar-refractivity contribution in [3.63, 3.8) is 0 Å². The number of imidazole rings is 1. The molecular weight excluding hydrogens is 368 g/mol. The van der Waals surface area contributed by atoms with E-state index in [4.69, 9.17) is 10.2 Å². The van der Waals surface area contributed by atoms with E-state index in [9.17, 15) is 0 Å². The van der Waals surface area contributed by atoms with Gasteiger partial charge in [0.25, 0.3) is 0 Å². The molecule has 0 aliphatic heterocycles. The molecule has 0 aliphatic rings. The van der Waals surface area contributed by atoms with Gasteiger partial charge < -0.3 is 9.55 Å². The molecule has 0 amide bonds. The van der Waals surface area contributed by atoms with Crippen LogP contribution in [0.5, 0.6) is 0 Å². The highest BCUT2D eigenvalue weighted by Crippen LogP contribution is 2.36. The molecule has 2 heterocycles. The van der Waals surface area contributed by atoms with E-state index in [2.05, 4.69) is 58.2 Å². The molecule has 2 aromatic heterocycles. The van der Waals surface area contributed by atoms with Crippen molar-refractivity contribution < 1.29 is 0 Å². The van der Waals surface area contributed by atoms with E-state index < -0.39 is 0 Å². The lowest BCUT2D eigenvalue weighted by molar-refractivity contribution is 0.745. The van der Waals surface area contributed by atoms with Crippen LogP contribution in [0.15, 0.2) is 91.1 Å². The van der Waals surface area contributed by atoms with Gasteiger partial charge in [-0.2, -0.15) is 5.26 Å². The zero-order chi connectivity index (χ0) is 20.3. The molecule has 1 N–H and O–H groups in total. The van der Waals surface area contributed by atoms with Gasteiger partial charge in [0.2, 0.25) is 0 Å². The van der Waals surface area contributed by atoms with E-state index in [1.807, 2.05) is 48.5 Å². The van der Waals surface area contributed by atoms with Crippen LogP contribution in [0.25, 0.3) is 44.8 Å². The highest BCUT2D eigenvalue weighted by Gasteiger charge is 2.18. The maximum atomic E-state index is 9.03. The summed E-state index contributed by atoms with van der Waals surface area (Å²) in [6.45, 7) is 0.662. The van der Waals surface area contributed by atoms with Crippen molar-refractivity contribution in [2.75, 3.05) is 0 Å². The van der Waals surface area contributed by atoms with E-state index in [0.717, 1.165) is 44.8 Å². The van der Waals surface area contributed by atoms with Crippen molar-refractivity contribution >= 4 is 10.9 Å². The van der Waals surface area contributed by atoms with Gasteiger partial charge in [0, 0.05) is 40.3 Å². The molecule has 0 radical (unpaired) electrons. The third-order valence-corrected chi connectivity index (χ3v) is 5.32. The Morgan fingerprint density at radius 3 is 2.23 bits per heavy atom. The Labute approximate surface area is 175 Å². The molecule has 3 aromatic carbocycles. The van der Waals surface area contributed by atoms with Crippen molar-refractivity contribution in [2.24, 2.45) is 0 Å². The number of rotatable bonds is 5. The fraction of sp³-hybridized carbons (Fsp3) is 0.0769. The van der Waals surface area contributed by atoms with Gasteiger partial charge in [-0.1, -0.05) is 78.9 Å². The van der Waals surface area contributed by atoms with E-state index >= 15 is 0 Å². The molecule has 0 atom stereocenters. The lowest BCUT2D eigenvalue weighted by Gasteiger charge is -2.02. The number of nitrogens with one attached hydrogen (secondary N) is 1. The minimum absolute atomic E-state index is 0.473. The van der Waals surface area contributed by atoms with Gasteiger partial charge in [-0.25, -0.2) is 4.98 Å².